The number of carbonyl (C=O) groups is 2. The molecule has 1 aromatic heterocycles. The third-order valence-corrected chi connectivity index (χ3v) is 8.59. The van der Waals surface area contributed by atoms with Crippen molar-refractivity contribution in [3.8, 4) is 11.1 Å². The molecule has 0 N–H and O–H groups in total. The number of aromatic nitrogens is 2. The van der Waals surface area contributed by atoms with Crippen LogP contribution in [0.1, 0.15) is 58.9 Å². The van der Waals surface area contributed by atoms with Gasteiger partial charge >= 0.3 is 0 Å². The number of hydrogen-bond donors (Lipinski definition) is 0. The molecule has 7 rings (SSSR count). The van der Waals surface area contributed by atoms with Crippen LogP contribution in [-0.2, 0) is 4.74 Å². The first-order valence-corrected chi connectivity index (χ1v) is 13.9. The Morgan fingerprint density at radius 2 is 1.61 bits per heavy atom. The van der Waals surface area contributed by atoms with Gasteiger partial charge in [-0.3, -0.25) is 19.4 Å². The Kier molecular flexibility index (Phi) is 5.98. The van der Waals surface area contributed by atoms with E-state index in [9.17, 15) is 9.59 Å². The van der Waals surface area contributed by atoms with Crippen LogP contribution in [0.4, 0.5) is 0 Å². The minimum Gasteiger partial charge on any atom is -0.379 e. The molecule has 0 spiro atoms. The van der Waals surface area contributed by atoms with Crippen molar-refractivity contribution in [2.24, 2.45) is 0 Å². The summed E-state index contributed by atoms with van der Waals surface area (Å²) in [6, 6.07) is 16.7. The highest BCUT2D eigenvalue weighted by Crippen LogP contribution is 2.38. The zero-order valence-corrected chi connectivity index (χ0v) is 21.6. The summed E-state index contributed by atoms with van der Waals surface area (Å²) in [4.78, 5) is 35.4. The van der Waals surface area contributed by atoms with Gasteiger partial charge in [0.1, 0.15) is 0 Å². The molecule has 1 saturated heterocycles. The fraction of sp³-hybridized carbons (Fsp3) is 0.387. The van der Waals surface area contributed by atoms with E-state index in [1.54, 1.807) is 0 Å². The maximum atomic E-state index is 13.5. The van der Waals surface area contributed by atoms with Crippen molar-refractivity contribution < 1.29 is 14.3 Å². The maximum Gasteiger partial charge on any atom is 0.261 e. The summed E-state index contributed by atoms with van der Waals surface area (Å²) in [7, 11) is 0. The molecule has 38 heavy (non-hydrogen) atoms. The number of imidazole rings is 1. The first kappa shape index (κ1) is 23.6. The van der Waals surface area contributed by atoms with Crippen LogP contribution >= 0.6 is 0 Å². The molecule has 0 radical (unpaired) electrons. The zero-order chi connectivity index (χ0) is 25.6. The third-order valence-electron chi connectivity index (χ3n) is 8.59. The van der Waals surface area contributed by atoms with Crippen LogP contribution in [0.2, 0.25) is 0 Å². The average molecular weight is 509 g/mol. The van der Waals surface area contributed by atoms with Crippen LogP contribution in [0.5, 0.6) is 0 Å². The van der Waals surface area contributed by atoms with Gasteiger partial charge in [-0.25, -0.2) is 4.98 Å². The van der Waals surface area contributed by atoms with Crippen molar-refractivity contribution in [3.63, 3.8) is 0 Å². The Hall–Kier alpha value is -3.55. The quantitative estimate of drug-likeness (QED) is 0.343. The van der Waals surface area contributed by atoms with Gasteiger partial charge in [0.15, 0.2) is 0 Å². The molecule has 7 nitrogen and oxygen atoms in total. The van der Waals surface area contributed by atoms with Crippen molar-refractivity contribution in [2.45, 2.75) is 38.1 Å². The molecule has 0 atom stereocenters. The monoisotopic (exact) mass is 508 g/mol. The van der Waals surface area contributed by atoms with E-state index in [0.717, 1.165) is 40.5 Å². The van der Waals surface area contributed by atoms with E-state index in [1.807, 2.05) is 36.7 Å². The number of morpholine rings is 1. The van der Waals surface area contributed by atoms with Gasteiger partial charge in [0, 0.05) is 48.7 Å². The van der Waals surface area contributed by atoms with Crippen LogP contribution in [0, 0.1) is 0 Å². The SMILES string of the molecule is O=C1c2cccc3c(-c4ccc5c(c4)ncn5C4CCCCC4)ccc(c23)C(=O)N1CCN1CCOCC1. The lowest BCUT2D eigenvalue weighted by Crippen LogP contribution is -2.46. The van der Waals surface area contributed by atoms with Gasteiger partial charge in [-0.15, -0.1) is 0 Å². The van der Waals surface area contributed by atoms with E-state index in [2.05, 4.69) is 27.7 Å². The first-order chi connectivity index (χ1) is 18.7. The predicted octanol–water partition coefficient (Wildman–Crippen LogP) is 5.29. The number of nitrogens with zero attached hydrogens (tertiary/aromatic N) is 4. The van der Waals surface area contributed by atoms with Gasteiger partial charge in [0.2, 0.25) is 0 Å². The van der Waals surface area contributed by atoms with Gasteiger partial charge in [0.05, 0.1) is 30.6 Å². The Labute approximate surface area is 222 Å². The Morgan fingerprint density at radius 1 is 0.842 bits per heavy atom. The second-order valence-corrected chi connectivity index (χ2v) is 10.8. The summed E-state index contributed by atoms with van der Waals surface area (Å²) in [5.74, 6) is -0.416. The minimum atomic E-state index is -0.208. The maximum absolute atomic E-state index is 13.5. The van der Waals surface area contributed by atoms with Gasteiger partial charge in [-0.2, -0.15) is 0 Å². The van der Waals surface area contributed by atoms with Crippen molar-refractivity contribution in [1.82, 2.24) is 19.4 Å². The average Bonchev–Trinajstić information content (AvgIpc) is 3.40. The van der Waals surface area contributed by atoms with Crippen molar-refractivity contribution >= 4 is 33.6 Å². The highest BCUT2D eigenvalue weighted by Gasteiger charge is 2.33. The lowest BCUT2D eigenvalue weighted by Gasteiger charge is -2.31. The normalized spacial score (nSPS) is 19.1. The van der Waals surface area contributed by atoms with Crippen LogP contribution in [-0.4, -0.2) is 70.6 Å². The molecule has 194 valence electrons. The second kappa shape index (κ2) is 9.64. The number of ether oxygens (including phenoxy) is 1. The lowest BCUT2D eigenvalue weighted by atomic mass is 9.89. The number of carbonyl (C=O) groups excluding carboxylic acids is 2. The molecule has 0 bridgehead atoms. The second-order valence-electron chi connectivity index (χ2n) is 10.8. The first-order valence-electron chi connectivity index (χ1n) is 13.9. The summed E-state index contributed by atoms with van der Waals surface area (Å²) in [5, 5.41) is 1.69. The fourth-order valence-electron chi connectivity index (χ4n) is 6.52. The molecular weight excluding hydrogens is 476 g/mol. The number of hydrogen-bond acceptors (Lipinski definition) is 5. The molecule has 3 heterocycles. The lowest BCUT2D eigenvalue weighted by molar-refractivity contribution is 0.0316. The van der Waals surface area contributed by atoms with Gasteiger partial charge in [-0.05, 0) is 53.6 Å². The Morgan fingerprint density at radius 3 is 2.42 bits per heavy atom. The Balaban J connectivity index is 1.23. The highest BCUT2D eigenvalue weighted by atomic mass is 16.5. The molecule has 3 aliphatic rings. The van der Waals surface area contributed by atoms with E-state index in [0.29, 0.717) is 43.5 Å². The van der Waals surface area contributed by atoms with E-state index < -0.39 is 0 Å². The fourth-order valence-corrected chi connectivity index (χ4v) is 6.52. The smallest absolute Gasteiger partial charge is 0.261 e. The number of amides is 2. The van der Waals surface area contributed by atoms with Crippen LogP contribution < -0.4 is 0 Å². The third kappa shape index (κ3) is 3.92. The number of imide groups is 1. The molecule has 4 aromatic rings. The van der Waals surface area contributed by atoms with Crippen LogP contribution in [0.15, 0.2) is 54.9 Å². The molecule has 3 aromatic carbocycles. The topological polar surface area (TPSA) is 67.7 Å². The summed E-state index contributed by atoms with van der Waals surface area (Å²) < 4.78 is 7.77. The molecule has 1 aliphatic carbocycles. The molecule has 1 saturated carbocycles. The van der Waals surface area contributed by atoms with E-state index >= 15 is 0 Å². The molecule has 2 aliphatic heterocycles. The zero-order valence-electron chi connectivity index (χ0n) is 21.6. The number of benzene rings is 3. The van der Waals surface area contributed by atoms with Crippen LogP contribution in [0.3, 0.4) is 0 Å². The van der Waals surface area contributed by atoms with E-state index in [4.69, 9.17) is 9.72 Å². The summed E-state index contributed by atoms with van der Waals surface area (Å²) in [5.41, 5.74) is 5.42. The van der Waals surface area contributed by atoms with Gasteiger partial charge in [-0.1, -0.05) is 43.5 Å². The number of fused-ring (bicyclic) bond motifs is 1. The van der Waals surface area contributed by atoms with Crippen molar-refractivity contribution in [1.29, 1.82) is 0 Å². The number of rotatable bonds is 5. The van der Waals surface area contributed by atoms with E-state index in [1.165, 1.54) is 42.5 Å². The molecular formula is C31H32N4O3. The largest absolute Gasteiger partial charge is 0.379 e. The van der Waals surface area contributed by atoms with Crippen LogP contribution in [0.25, 0.3) is 32.9 Å². The standard InChI is InChI=1S/C31H32N4O3/c36-30-25-8-4-7-24-23(21-9-12-28-27(19-21)32-20-35(28)22-5-2-1-3-6-22)10-11-26(29(24)25)31(37)34(30)14-13-33-15-17-38-18-16-33/h4,7-12,19-20,22H,1-3,5-6,13-18H2. The van der Waals surface area contributed by atoms with Gasteiger partial charge in [0.25, 0.3) is 11.8 Å². The van der Waals surface area contributed by atoms with Crippen molar-refractivity contribution in [3.05, 3.63) is 66.0 Å². The van der Waals surface area contributed by atoms with E-state index in [-0.39, 0.29) is 11.8 Å². The van der Waals surface area contributed by atoms with Crippen molar-refractivity contribution in [2.75, 3.05) is 39.4 Å². The molecule has 0 unspecified atom stereocenters. The summed E-state index contributed by atoms with van der Waals surface area (Å²) in [6.45, 7) is 4.09. The molecule has 2 amide bonds. The molecule has 7 heteroatoms. The Bertz CT molecular complexity index is 1520. The highest BCUT2D eigenvalue weighted by molar-refractivity contribution is 6.27. The summed E-state index contributed by atoms with van der Waals surface area (Å²) >= 11 is 0. The summed E-state index contributed by atoms with van der Waals surface area (Å²) in [6.07, 6.45) is 8.32. The van der Waals surface area contributed by atoms with Gasteiger partial charge < -0.3 is 9.30 Å². The minimum absolute atomic E-state index is 0.208. The predicted molar refractivity (Wildman–Crippen MR) is 147 cm³/mol. The molecule has 2 fully saturated rings.